The number of carbonyl (C=O) groups excluding carboxylic acids is 2. The molecule has 6 heteroatoms. The summed E-state index contributed by atoms with van der Waals surface area (Å²) in [7, 11) is 0. The number of pyridine rings is 1. The van der Waals surface area contributed by atoms with Gasteiger partial charge in [-0.3, -0.25) is 9.59 Å². The van der Waals surface area contributed by atoms with Crippen LogP contribution in [0, 0.1) is 18.7 Å². The van der Waals surface area contributed by atoms with E-state index in [1.54, 1.807) is 13.0 Å². The maximum Gasteiger partial charge on any atom is 0.255 e. The average molecular weight is 313 g/mol. The first-order valence-electron chi connectivity index (χ1n) is 7.37. The van der Waals surface area contributed by atoms with Crippen LogP contribution in [-0.2, 0) is 4.79 Å². The molecular formula is C17H16FN3O2. The number of nitrogens with zero attached hydrogens (tertiary/aromatic N) is 1. The Morgan fingerprint density at radius 3 is 2.65 bits per heavy atom. The number of amides is 2. The van der Waals surface area contributed by atoms with Crippen molar-refractivity contribution >= 4 is 23.3 Å². The van der Waals surface area contributed by atoms with Crippen LogP contribution in [0.15, 0.2) is 36.5 Å². The Bertz CT molecular complexity index is 772. The molecule has 0 radical (unpaired) electrons. The Kier molecular flexibility index (Phi) is 4.06. The van der Waals surface area contributed by atoms with Gasteiger partial charge in [-0.15, -0.1) is 0 Å². The summed E-state index contributed by atoms with van der Waals surface area (Å²) in [5, 5.41) is 5.44. The van der Waals surface area contributed by atoms with E-state index in [1.165, 1.54) is 30.5 Å². The molecule has 1 fully saturated rings. The molecule has 2 amide bonds. The highest BCUT2D eigenvalue weighted by Crippen LogP contribution is 2.30. The third-order valence-electron chi connectivity index (χ3n) is 3.65. The summed E-state index contributed by atoms with van der Waals surface area (Å²) >= 11 is 0. The van der Waals surface area contributed by atoms with Crippen molar-refractivity contribution in [3.63, 3.8) is 0 Å². The van der Waals surface area contributed by atoms with Crippen LogP contribution in [0.25, 0.3) is 0 Å². The fourth-order valence-electron chi connectivity index (χ4n) is 2.15. The standard InChI is InChI=1S/C17H16FN3O2/c1-10-7-15(21-16(22)11-5-6-11)19-9-14(10)20-17(23)12-3-2-4-13(18)8-12/h2-4,7-9,11H,5-6H2,1H3,(H,20,23)(H,19,21,22). The molecule has 1 aromatic heterocycles. The largest absolute Gasteiger partial charge is 0.320 e. The van der Waals surface area contributed by atoms with Crippen LogP contribution in [0.5, 0.6) is 0 Å². The van der Waals surface area contributed by atoms with E-state index in [1.807, 2.05) is 0 Å². The summed E-state index contributed by atoms with van der Waals surface area (Å²) < 4.78 is 13.2. The number of hydrogen-bond donors (Lipinski definition) is 2. The summed E-state index contributed by atoms with van der Waals surface area (Å²) in [5.74, 6) is -0.337. The lowest BCUT2D eigenvalue weighted by Gasteiger charge is -2.10. The molecule has 0 aliphatic heterocycles. The lowest BCUT2D eigenvalue weighted by molar-refractivity contribution is -0.117. The predicted molar refractivity (Wildman–Crippen MR) is 84.7 cm³/mol. The quantitative estimate of drug-likeness (QED) is 0.911. The summed E-state index contributed by atoms with van der Waals surface area (Å²) in [6.07, 6.45) is 3.33. The van der Waals surface area contributed by atoms with Gasteiger partial charge in [-0.05, 0) is 49.6 Å². The number of carbonyl (C=O) groups is 2. The lowest BCUT2D eigenvalue weighted by Crippen LogP contribution is -2.16. The van der Waals surface area contributed by atoms with E-state index in [9.17, 15) is 14.0 Å². The average Bonchev–Trinajstić information content (AvgIpc) is 3.34. The van der Waals surface area contributed by atoms with E-state index < -0.39 is 11.7 Å². The van der Waals surface area contributed by atoms with Crippen molar-refractivity contribution in [2.75, 3.05) is 10.6 Å². The van der Waals surface area contributed by atoms with E-state index in [4.69, 9.17) is 0 Å². The van der Waals surface area contributed by atoms with E-state index in [-0.39, 0.29) is 17.4 Å². The smallest absolute Gasteiger partial charge is 0.255 e. The Morgan fingerprint density at radius 1 is 1.22 bits per heavy atom. The Balaban J connectivity index is 1.70. The number of hydrogen-bond acceptors (Lipinski definition) is 3. The molecular weight excluding hydrogens is 297 g/mol. The number of anilines is 2. The van der Waals surface area contributed by atoms with Crippen LogP contribution < -0.4 is 10.6 Å². The van der Waals surface area contributed by atoms with Crippen molar-refractivity contribution in [2.24, 2.45) is 5.92 Å². The first-order chi connectivity index (χ1) is 11.0. The normalized spacial score (nSPS) is 13.5. The van der Waals surface area contributed by atoms with Crippen LogP contribution in [0.2, 0.25) is 0 Å². The van der Waals surface area contributed by atoms with Gasteiger partial charge in [-0.2, -0.15) is 0 Å². The molecule has 1 aliphatic carbocycles. The van der Waals surface area contributed by atoms with Gasteiger partial charge in [0.25, 0.3) is 5.91 Å². The first-order valence-corrected chi connectivity index (χ1v) is 7.37. The fourth-order valence-corrected chi connectivity index (χ4v) is 2.15. The number of aryl methyl sites for hydroxylation is 1. The van der Waals surface area contributed by atoms with Crippen LogP contribution in [0.4, 0.5) is 15.9 Å². The van der Waals surface area contributed by atoms with Crippen LogP contribution in [-0.4, -0.2) is 16.8 Å². The minimum absolute atomic E-state index is 0.0200. The van der Waals surface area contributed by atoms with Crippen LogP contribution in [0.3, 0.4) is 0 Å². The van der Waals surface area contributed by atoms with E-state index in [2.05, 4.69) is 15.6 Å². The van der Waals surface area contributed by atoms with Crippen molar-refractivity contribution < 1.29 is 14.0 Å². The molecule has 0 saturated heterocycles. The molecule has 5 nitrogen and oxygen atoms in total. The maximum atomic E-state index is 13.2. The fraction of sp³-hybridized carbons (Fsp3) is 0.235. The minimum atomic E-state index is -0.467. The van der Waals surface area contributed by atoms with Crippen molar-refractivity contribution in [1.82, 2.24) is 4.98 Å². The summed E-state index contributed by atoms with van der Waals surface area (Å²) in [5.41, 5.74) is 1.51. The highest BCUT2D eigenvalue weighted by atomic mass is 19.1. The summed E-state index contributed by atoms with van der Waals surface area (Å²) in [6.45, 7) is 1.80. The van der Waals surface area contributed by atoms with Gasteiger partial charge >= 0.3 is 0 Å². The maximum absolute atomic E-state index is 13.2. The van der Waals surface area contributed by atoms with E-state index in [0.29, 0.717) is 11.5 Å². The predicted octanol–water partition coefficient (Wildman–Crippen LogP) is 3.13. The third kappa shape index (κ3) is 3.71. The van der Waals surface area contributed by atoms with Gasteiger partial charge in [0.1, 0.15) is 11.6 Å². The first kappa shape index (κ1) is 15.1. The highest BCUT2D eigenvalue weighted by Gasteiger charge is 2.29. The highest BCUT2D eigenvalue weighted by molar-refractivity contribution is 6.04. The zero-order valence-corrected chi connectivity index (χ0v) is 12.6. The van der Waals surface area contributed by atoms with Gasteiger partial charge in [-0.1, -0.05) is 6.07 Å². The molecule has 0 bridgehead atoms. The molecule has 1 aliphatic rings. The third-order valence-corrected chi connectivity index (χ3v) is 3.65. The molecule has 0 unspecified atom stereocenters. The second-order valence-corrected chi connectivity index (χ2v) is 5.61. The topological polar surface area (TPSA) is 71.1 Å². The van der Waals surface area contributed by atoms with Crippen molar-refractivity contribution in [2.45, 2.75) is 19.8 Å². The molecule has 1 saturated carbocycles. The van der Waals surface area contributed by atoms with Gasteiger partial charge in [0.05, 0.1) is 11.9 Å². The Morgan fingerprint density at radius 2 is 2.00 bits per heavy atom. The zero-order valence-electron chi connectivity index (χ0n) is 12.6. The van der Waals surface area contributed by atoms with Crippen molar-refractivity contribution in [1.29, 1.82) is 0 Å². The number of halogens is 1. The SMILES string of the molecule is Cc1cc(NC(=O)C2CC2)ncc1NC(=O)c1cccc(F)c1. The molecule has 118 valence electrons. The second-order valence-electron chi connectivity index (χ2n) is 5.61. The van der Waals surface area contributed by atoms with Crippen LogP contribution >= 0.6 is 0 Å². The molecule has 2 N–H and O–H groups in total. The molecule has 2 aromatic rings. The zero-order chi connectivity index (χ0) is 16.4. The minimum Gasteiger partial charge on any atom is -0.320 e. The summed E-state index contributed by atoms with van der Waals surface area (Å²) in [4.78, 5) is 27.9. The second kappa shape index (κ2) is 6.16. The Labute approximate surface area is 132 Å². The molecule has 0 atom stereocenters. The Hall–Kier alpha value is -2.76. The van der Waals surface area contributed by atoms with Gasteiger partial charge in [0, 0.05) is 11.5 Å². The monoisotopic (exact) mass is 313 g/mol. The van der Waals surface area contributed by atoms with E-state index in [0.717, 1.165) is 18.4 Å². The van der Waals surface area contributed by atoms with Crippen LogP contribution in [0.1, 0.15) is 28.8 Å². The molecule has 0 spiro atoms. The number of nitrogens with one attached hydrogen (secondary N) is 2. The van der Waals surface area contributed by atoms with Crippen molar-refractivity contribution in [3.8, 4) is 0 Å². The van der Waals surface area contributed by atoms with Gasteiger partial charge in [0.2, 0.25) is 5.91 Å². The molecule has 3 rings (SSSR count). The van der Waals surface area contributed by atoms with Gasteiger partial charge in [-0.25, -0.2) is 9.37 Å². The van der Waals surface area contributed by atoms with Crippen molar-refractivity contribution in [3.05, 3.63) is 53.5 Å². The molecule has 1 heterocycles. The summed E-state index contributed by atoms with van der Waals surface area (Å²) in [6, 6.07) is 7.15. The number of benzene rings is 1. The van der Waals surface area contributed by atoms with E-state index >= 15 is 0 Å². The number of rotatable bonds is 4. The lowest BCUT2D eigenvalue weighted by atomic mass is 10.2. The molecule has 23 heavy (non-hydrogen) atoms. The van der Waals surface area contributed by atoms with Gasteiger partial charge in [0.15, 0.2) is 0 Å². The molecule has 1 aromatic carbocycles. The number of aromatic nitrogens is 1. The van der Waals surface area contributed by atoms with Gasteiger partial charge < -0.3 is 10.6 Å².